The van der Waals surface area contributed by atoms with Crippen LogP contribution in [0.3, 0.4) is 0 Å². The predicted octanol–water partition coefficient (Wildman–Crippen LogP) is 2.14. The van der Waals surface area contributed by atoms with Gasteiger partial charge in [-0.15, -0.1) is 0 Å². The minimum Gasteiger partial charge on any atom is -0.444 e. The molecule has 5 nitrogen and oxygen atoms in total. The lowest BCUT2D eigenvalue weighted by molar-refractivity contribution is 0.0468. The summed E-state index contributed by atoms with van der Waals surface area (Å²) in [6.07, 6.45) is 3.49. The van der Waals surface area contributed by atoms with Crippen molar-refractivity contribution in [3.63, 3.8) is 0 Å². The summed E-state index contributed by atoms with van der Waals surface area (Å²) in [5, 5.41) is 11.8. The number of carbonyl (C=O) groups is 1. The van der Waals surface area contributed by atoms with E-state index in [1.807, 2.05) is 20.8 Å². The van der Waals surface area contributed by atoms with Crippen LogP contribution in [-0.2, 0) is 4.74 Å². The second-order valence-electron chi connectivity index (χ2n) is 6.67. The van der Waals surface area contributed by atoms with Gasteiger partial charge in [0, 0.05) is 31.8 Å². The van der Waals surface area contributed by atoms with Gasteiger partial charge in [-0.25, -0.2) is 4.79 Å². The topological polar surface area (TPSA) is 61.8 Å². The minimum absolute atomic E-state index is 0.214. The number of rotatable bonds is 5. The molecule has 1 heterocycles. The molecule has 1 fully saturated rings. The van der Waals surface area contributed by atoms with Crippen molar-refractivity contribution >= 4 is 6.09 Å². The first kappa shape index (κ1) is 17.2. The molecule has 0 aromatic carbocycles. The molecule has 0 spiro atoms. The summed E-state index contributed by atoms with van der Waals surface area (Å²) < 4.78 is 5.28. The van der Waals surface area contributed by atoms with Gasteiger partial charge >= 0.3 is 6.09 Å². The predicted molar refractivity (Wildman–Crippen MR) is 79.7 cm³/mol. The van der Waals surface area contributed by atoms with Crippen molar-refractivity contribution in [2.45, 2.75) is 71.1 Å². The number of aliphatic hydroxyl groups is 1. The van der Waals surface area contributed by atoms with Crippen LogP contribution in [0.4, 0.5) is 4.79 Å². The Morgan fingerprint density at radius 1 is 1.40 bits per heavy atom. The fourth-order valence-electron chi connectivity index (χ4n) is 2.53. The maximum absolute atomic E-state index is 11.7. The van der Waals surface area contributed by atoms with Crippen LogP contribution in [0.2, 0.25) is 0 Å². The Kier molecular flexibility index (Phi) is 6.76. The molecule has 20 heavy (non-hydrogen) atoms. The van der Waals surface area contributed by atoms with Crippen LogP contribution < -0.4 is 5.32 Å². The van der Waals surface area contributed by atoms with Gasteiger partial charge in [-0.2, -0.15) is 0 Å². The number of hydrogen-bond donors (Lipinski definition) is 2. The number of hydrogen-bond acceptors (Lipinski definition) is 4. The Morgan fingerprint density at radius 2 is 2.00 bits per heavy atom. The summed E-state index contributed by atoms with van der Waals surface area (Å²) in [5.41, 5.74) is -0.441. The van der Waals surface area contributed by atoms with E-state index < -0.39 is 5.60 Å². The van der Waals surface area contributed by atoms with E-state index in [-0.39, 0.29) is 18.7 Å². The van der Waals surface area contributed by atoms with Gasteiger partial charge in [0.1, 0.15) is 5.60 Å². The van der Waals surface area contributed by atoms with E-state index >= 15 is 0 Å². The smallest absolute Gasteiger partial charge is 0.407 e. The molecule has 0 saturated carbocycles. The largest absolute Gasteiger partial charge is 0.444 e. The fraction of sp³-hybridized carbons (Fsp3) is 0.933. The van der Waals surface area contributed by atoms with Crippen LogP contribution in [0.1, 0.15) is 53.4 Å². The highest BCUT2D eigenvalue weighted by atomic mass is 16.6. The lowest BCUT2D eigenvalue weighted by atomic mass is 10.0. The average molecular weight is 286 g/mol. The van der Waals surface area contributed by atoms with Gasteiger partial charge in [0.25, 0.3) is 0 Å². The standard InChI is InChI=1S/C15H30N2O3/c1-12(6-5-11-18)17-9-7-13(8-10-17)16-14(19)20-15(2,3)4/h12-13,18H,5-11H2,1-4H3,(H,16,19)/t12-/m1/s1. The summed E-state index contributed by atoms with van der Waals surface area (Å²) in [7, 11) is 0. The summed E-state index contributed by atoms with van der Waals surface area (Å²) >= 11 is 0. The zero-order chi connectivity index (χ0) is 15.2. The van der Waals surface area contributed by atoms with Gasteiger partial charge in [-0.1, -0.05) is 0 Å². The molecule has 0 bridgehead atoms. The molecule has 2 N–H and O–H groups in total. The molecule has 1 amide bonds. The molecular formula is C15H30N2O3. The summed E-state index contributed by atoms with van der Waals surface area (Å²) in [4.78, 5) is 14.1. The van der Waals surface area contributed by atoms with E-state index in [1.165, 1.54) is 0 Å². The van der Waals surface area contributed by atoms with Crippen LogP contribution in [0.15, 0.2) is 0 Å². The molecule has 1 saturated heterocycles. The maximum atomic E-state index is 11.7. The molecule has 1 aliphatic heterocycles. The van der Waals surface area contributed by atoms with Gasteiger partial charge < -0.3 is 20.1 Å². The summed E-state index contributed by atoms with van der Waals surface area (Å²) in [6, 6.07) is 0.718. The van der Waals surface area contributed by atoms with Gasteiger partial charge in [-0.3, -0.25) is 0 Å². The molecule has 0 unspecified atom stereocenters. The third kappa shape index (κ3) is 6.57. The number of alkyl carbamates (subject to hydrolysis) is 1. The molecule has 0 aromatic rings. The lowest BCUT2D eigenvalue weighted by Crippen LogP contribution is -2.48. The number of nitrogens with one attached hydrogen (secondary N) is 1. The Bertz CT molecular complexity index is 294. The van der Waals surface area contributed by atoms with Crippen molar-refractivity contribution in [3.05, 3.63) is 0 Å². The van der Waals surface area contributed by atoms with Crippen LogP contribution in [0.5, 0.6) is 0 Å². The van der Waals surface area contributed by atoms with Crippen LogP contribution in [0, 0.1) is 0 Å². The number of nitrogens with zero attached hydrogens (tertiary/aromatic N) is 1. The van der Waals surface area contributed by atoms with Crippen molar-refractivity contribution < 1.29 is 14.6 Å². The van der Waals surface area contributed by atoms with Gasteiger partial charge in [0.2, 0.25) is 0 Å². The number of amides is 1. The third-order valence-electron chi connectivity index (χ3n) is 3.65. The van der Waals surface area contributed by atoms with Crippen LogP contribution in [-0.4, -0.2) is 53.5 Å². The van der Waals surface area contributed by atoms with E-state index in [0.29, 0.717) is 6.04 Å². The van der Waals surface area contributed by atoms with E-state index in [2.05, 4.69) is 17.1 Å². The Hall–Kier alpha value is -0.810. The third-order valence-corrected chi connectivity index (χ3v) is 3.65. The molecule has 5 heteroatoms. The highest BCUT2D eigenvalue weighted by molar-refractivity contribution is 5.68. The SMILES string of the molecule is C[C@H](CCCO)N1CCC(NC(=O)OC(C)(C)C)CC1. The first-order valence-electron chi connectivity index (χ1n) is 7.66. The number of aliphatic hydroxyl groups excluding tert-OH is 1. The van der Waals surface area contributed by atoms with Crippen molar-refractivity contribution in [2.24, 2.45) is 0 Å². The Morgan fingerprint density at radius 3 is 2.50 bits per heavy atom. The normalized spacial score (nSPS) is 19.6. The van der Waals surface area contributed by atoms with E-state index in [1.54, 1.807) is 0 Å². The lowest BCUT2D eigenvalue weighted by Gasteiger charge is -2.36. The second-order valence-corrected chi connectivity index (χ2v) is 6.67. The quantitative estimate of drug-likeness (QED) is 0.813. The molecule has 0 radical (unpaired) electrons. The number of carbonyl (C=O) groups excluding carboxylic acids is 1. The molecular weight excluding hydrogens is 256 g/mol. The van der Waals surface area contributed by atoms with Gasteiger partial charge in [-0.05, 0) is 53.4 Å². The maximum Gasteiger partial charge on any atom is 0.407 e. The van der Waals surface area contributed by atoms with Gasteiger partial charge in [0.15, 0.2) is 0 Å². The summed E-state index contributed by atoms with van der Waals surface area (Å²) in [5.74, 6) is 0. The van der Waals surface area contributed by atoms with Crippen molar-refractivity contribution in [3.8, 4) is 0 Å². The molecule has 1 rings (SSSR count). The summed E-state index contributed by atoms with van der Waals surface area (Å²) in [6.45, 7) is 10.1. The van der Waals surface area contributed by atoms with Crippen molar-refractivity contribution in [1.82, 2.24) is 10.2 Å². The zero-order valence-electron chi connectivity index (χ0n) is 13.3. The van der Waals surface area contributed by atoms with E-state index in [0.717, 1.165) is 38.8 Å². The zero-order valence-corrected chi connectivity index (χ0v) is 13.3. The molecule has 118 valence electrons. The van der Waals surface area contributed by atoms with Gasteiger partial charge in [0.05, 0.1) is 0 Å². The molecule has 0 aliphatic carbocycles. The first-order valence-corrected chi connectivity index (χ1v) is 7.66. The molecule has 0 aromatic heterocycles. The Labute approximate surface area is 122 Å². The molecule has 1 aliphatic rings. The Balaban J connectivity index is 2.26. The minimum atomic E-state index is -0.441. The number of piperidine rings is 1. The second kappa shape index (κ2) is 7.84. The fourth-order valence-corrected chi connectivity index (χ4v) is 2.53. The number of ether oxygens (including phenoxy) is 1. The van der Waals surface area contributed by atoms with Crippen molar-refractivity contribution in [1.29, 1.82) is 0 Å². The first-order chi connectivity index (χ1) is 9.31. The van der Waals surface area contributed by atoms with E-state index in [9.17, 15) is 4.79 Å². The van der Waals surface area contributed by atoms with Crippen LogP contribution in [0.25, 0.3) is 0 Å². The highest BCUT2D eigenvalue weighted by Crippen LogP contribution is 2.16. The molecule has 1 atom stereocenters. The average Bonchev–Trinajstić information content (AvgIpc) is 2.34. The van der Waals surface area contributed by atoms with Crippen LogP contribution >= 0.6 is 0 Å². The number of likely N-dealkylation sites (tertiary alicyclic amines) is 1. The monoisotopic (exact) mass is 286 g/mol. The highest BCUT2D eigenvalue weighted by Gasteiger charge is 2.25. The van der Waals surface area contributed by atoms with Crippen molar-refractivity contribution in [2.75, 3.05) is 19.7 Å². The van der Waals surface area contributed by atoms with E-state index in [4.69, 9.17) is 9.84 Å².